The van der Waals surface area contributed by atoms with Crippen molar-refractivity contribution < 1.29 is 0 Å². The van der Waals surface area contributed by atoms with Crippen LogP contribution in [0.15, 0.2) is 12.4 Å². The molecule has 1 atom stereocenters. The van der Waals surface area contributed by atoms with E-state index in [1.54, 1.807) is 0 Å². The minimum Gasteiger partial charge on any atom is -0.329 e. The molecule has 2 heterocycles. The molecule has 0 spiro atoms. The number of likely N-dealkylation sites (tertiary alicyclic amines) is 1. The molecule has 1 saturated heterocycles. The molecule has 108 valence electrons. The maximum atomic E-state index is 5.97. The molecule has 2 rings (SSSR count). The predicted octanol–water partition coefficient (Wildman–Crippen LogP) is 0.694. The first-order valence-corrected chi connectivity index (χ1v) is 7.17. The van der Waals surface area contributed by atoms with Crippen molar-refractivity contribution in [3.63, 3.8) is 0 Å². The summed E-state index contributed by atoms with van der Waals surface area (Å²) in [5.74, 6) is 0.832. The third-order valence-corrected chi connectivity index (χ3v) is 4.05. The normalized spacial score (nSPS) is 20.1. The van der Waals surface area contributed by atoms with Gasteiger partial charge in [0.2, 0.25) is 0 Å². The molecule has 1 aromatic rings. The summed E-state index contributed by atoms with van der Waals surface area (Å²) in [4.78, 5) is 4.81. The molecule has 5 nitrogen and oxygen atoms in total. The summed E-state index contributed by atoms with van der Waals surface area (Å²) in [5, 5.41) is 4.26. The van der Waals surface area contributed by atoms with Crippen molar-refractivity contribution in [1.29, 1.82) is 0 Å². The first-order chi connectivity index (χ1) is 9.10. The van der Waals surface area contributed by atoms with Crippen molar-refractivity contribution in [2.24, 2.45) is 18.7 Å². The molecule has 1 fully saturated rings. The molecule has 0 radical (unpaired) electrons. The molecule has 1 unspecified atom stereocenters. The monoisotopic (exact) mass is 265 g/mol. The zero-order chi connectivity index (χ0) is 13.8. The third-order valence-electron chi connectivity index (χ3n) is 4.05. The smallest absolute Gasteiger partial charge is 0.0538 e. The molecular weight excluding hydrogens is 238 g/mol. The Morgan fingerprint density at radius 1 is 1.42 bits per heavy atom. The van der Waals surface area contributed by atoms with Crippen LogP contribution < -0.4 is 5.73 Å². The van der Waals surface area contributed by atoms with E-state index in [9.17, 15) is 0 Å². The second-order valence-electron chi connectivity index (χ2n) is 5.94. The maximum absolute atomic E-state index is 5.97. The van der Waals surface area contributed by atoms with E-state index in [2.05, 4.69) is 35.2 Å². The van der Waals surface area contributed by atoms with Gasteiger partial charge in [0.15, 0.2) is 0 Å². The minimum absolute atomic E-state index is 0.328. The number of aromatic nitrogens is 2. The molecule has 0 aliphatic carbocycles. The van der Waals surface area contributed by atoms with Gasteiger partial charge in [0.05, 0.1) is 12.2 Å². The van der Waals surface area contributed by atoms with Gasteiger partial charge in [0, 0.05) is 31.9 Å². The lowest BCUT2D eigenvalue weighted by Crippen LogP contribution is -2.41. The van der Waals surface area contributed by atoms with Crippen LogP contribution in [0.4, 0.5) is 0 Å². The zero-order valence-electron chi connectivity index (χ0n) is 12.4. The van der Waals surface area contributed by atoms with Gasteiger partial charge < -0.3 is 10.6 Å². The number of hydrogen-bond donors (Lipinski definition) is 1. The van der Waals surface area contributed by atoms with Crippen LogP contribution in [0.3, 0.4) is 0 Å². The van der Waals surface area contributed by atoms with Gasteiger partial charge in [0.1, 0.15) is 0 Å². The molecule has 0 amide bonds. The molecule has 19 heavy (non-hydrogen) atoms. The first-order valence-electron chi connectivity index (χ1n) is 7.17. The van der Waals surface area contributed by atoms with Crippen molar-refractivity contribution in [2.75, 3.05) is 40.3 Å². The fourth-order valence-corrected chi connectivity index (χ4v) is 3.07. The van der Waals surface area contributed by atoms with Crippen LogP contribution in [-0.4, -0.2) is 59.9 Å². The molecule has 2 N–H and O–H groups in total. The highest BCUT2D eigenvalue weighted by molar-refractivity contribution is 5.11. The lowest BCUT2D eigenvalue weighted by atomic mass is 9.94. The Labute approximate surface area is 116 Å². The Bertz CT molecular complexity index is 379. The van der Waals surface area contributed by atoms with E-state index in [1.807, 2.05) is 17.9 Å². The van der Waals surface area contributed by atoms with E-state index < -0.39 is 0 Å². The summed E-state index contributed by atoms with van der Waals surface area (Å²) in [6.45, 7) is 4.17. The Morgan fingerprint density at radius 2 is 2.11 bits per heavy atom. The van der Waals surface area contributed by atoms with Crippen molar-refractivity contribution in [1.82, 2.24) is 19.6 Å². The minimum atomic E-state index is 0.328. The highest BCUT2D eigenvalue weighted by Gasteiger charge is 2.26. The summed E-state index contributed by atoms with van der Waals surface area (Å²) in [7, 11) is 6.27. The quantitative estimate of drug-likeness (QED) is 0.851. The molecule has 0 bridgehead atoms. The average molecular weight is 265 g/mol. The van der Waals surface area contributed by atoms with E-state index in [0.29, 0.717) is 12.6 Å². The van der Waals surface area contributed by atoms with Crippen molar-refractivity contribution >= 4 is 0 Å². The topological polar surface area (TPSA) is 50.3 Å². The van der Waals surface area contributed by atoms with Crippen molar-refractivity contribution in [3.8, 4) is 0 Å². The van der Waals surface area contributed by atoms with E-state index in [0.717, 1.165) is 19.0 Å². The predicted molar refractivity (Wildman–Crippen MR) is 77.9 cm³/mol. The van der Waals surface area contributed by atoms with Crippen LogP contribution in [-0.2, 0) is 7.05 Å². The van der Waals surface area contributed by atoms with E-state index in [4.69, 9.17) is 5.73 Å². The van der Waals surface area contributed by atoms with Crippen LogP contribution in [0.1, 0.15) is 24.4 Å². The Hall–Kier alpha value is -0.910. The fourth-order valence-electron chi connectivity index (χ4n) is 3.07. The Balaban J connectivity index is 1.92. The molecule has 1 aliphatic rings. The number of aryl methyl sites for hydroxylation is 1. The molecule has 0 saturated carbocycles. The van der Waals surface area contributed by atoms with Crippen molar-refractivity contribution in [3.05, 3.63) is 18.0 Å². The number of nitrogens with two attached hydrogens (primary N) is 1. The standard InChI is InChI=1S/C14H27N5/c1-17(2)10-12-4-6-19(7-5-12)14(8-15)13-9-16-18(3)11-13/h9,11-12,14H,4-8,10,15H2,1-3H3. The van der Waals surface area contributed by atoms with Crippen molar-refractivity contribution in [2.45, 2.75) is 18.9 Å². The van der Waals surface area contributed by atoms with E-state index >= 15 is 0 Å². The zero-order valence-corrected chi connectivity index (χ0v) is 12.4. The van der Waals surface area contributed by atoms with Gasteiger partial charge in [-0.1, -0.05) is 0 Å². The van der Waals surface area contributed by atoms with Gasteiger partial charge in [0.25, 0.3) is 0 Å². The lowest BCUT2D eigenvalue weighted by Gasteiger charge is -2.37. The Morgan fingerprint density at radius 3 is 2.58 bits per heavy atom. The molecular formula is C14H27N5. The SMILES string of the molecule is CN(C)CC1CCN(C(CN)c2cnn(C)c2)CC1. The van der Waals surface area contributed by atoms with Crippen LogP contribution in [0.5, 0.6) is 0 Å². The summed E-state index contributed by atoms with van der Waals surface area (Å²) in [6.07, 6.45) is 6.58. The molecule has 1 aromatic heterocycles. The number of hydrogen-bond acceptors (Lipinski definition) is 4. The number of piperidine rings is 1. The largest absolute Gasteiger partial charge is 0.329 e. The molecule has 1 aliphatic heterocycles. The fraction of sp³-hybridized carbons (Fsp3) is 0.786. The lowest BCUT2D eigenvalue weighted by molar-refractivity contribution is 0.122. The third kappa shape index (κ3) is 3.78. The van der Waals surface area contributed by atoms with E-state index in [-0.39, 0.29) is 0 Å². The maximum Gasteiger partial charge on any atom is 0.0538 e. The summed E-state index contributed by atoms with van der Waals surface area (Å²) in [5.41, 5.74) is 7.22. The molecule has 0 aromatic carbocycles. The number of rotatable bonds is 5. The summed E-state index contributed by atoms with van der Waals surface area (Å²) < 4.78 is 1.86. The second-order valence-corrected chi connectivity index (χ2v) is 5.94. The Kier molecular flexibility index (Phi) is 4.96. The molecule has 5 heteroatoms. The van der Waals surface area contributed by atoms with Gasteiger partial charge in [-0.2, -0.15) is 5.10 Å². The van der Waals surface area contributed by atoms with Crippen LogP contribution >= 0.6 is 0 Å². The highest BCUT2D eigenvalue weighted by atomic mass is 15.3. The van der Waals surface area contributed by atoms with Crippen LogP contribution in [0.2, 0.25) is 0 Å². The van der Waals surface area contributed by atoms with Gasteiger partial charge in [-0.05, 0) is 45.9 Å². The summed E-state index contributed by atoms with van der Waals surface area (Å²) in [6, 6.07) is 0.328. The van der Waals surface area contributed by atoms with Gasteiger partial charge in [-0.25, -0.2) is 0 Å². The summed E-state index contributed by atoms with van der Waals surface area (Å²) >= 11 is 0. The highest BCUT2D eigenvalue weighted by Crippen LogP contribution is 2.26. The van der Waals surface area contributed by atoms with Crippen LogP contribution in [0, 0.1) is 5.92 Å². The second kappa shape index (κ2) is 6.50. The van der Waals surface area contributed by atoms with Crippen LogP contribution in [0.25, 0.3) is 0 Å². The average Bonchev–Trinajstić information content (AvgIpc) is 2.78. The van der Waals surface area contributed by atoms with Gasteiger partial charge >= 0.3 is 0 Å². The first kappa shape index (κ1) is 14.5. The number of nitrogens with zero attached hydrogens (tertiary/aromatic N) is 4. The van der Waals surface area contributed by atoms with Gasteiger partial charge in [-0.15, -0.1) is 0 Å². The van der Waals surface area contributed by atoms with Gasteiger partial charge in [-0.3, -0.25) is 9.58 Å². The van der Waals surface area contributed by atoms with E-state index in [1.165, 1.54) is 24.9 Å².